The lowest BCUT2D eigenvalue weighted by Crippen LogP contribution is -2.28. The van der Waals surface area contributed by atoms with Crippen LogP contribution in [0.15, 0.2) is 18.2 Å². The molecule has 1 aromatic rings. The lowest BCUT2D eigenvalue weighted by atomic mass is 9.97. The van der Waals surface area contributed by atoms with Crippen LogP contribution in [0.2, 0.25) is 0 Å². The van der Waals surface area contributed by atoms with Gasteiger partial charge < -0.3 is 10.4 Å². The van der Waals surface area contributed by atoms with Crippen molar-refractivity contribution in [1.29, 1.82) is 0 Å². The summed E-state index contributed by atoms with van der Waals surface area (Å²) in [6, 6.07) is 5.14. The van der Waals surface area contributed by atoms with E-state index in [4.69, 9.17) is 0 Å². The SMILES string of the molecule is Cc1cc(CNCC(CO)C(C)C)ccc1F. The maximum atomic E-state index is 13.1. The van der Waals surface area contributed by atoms with Crippen LogP contribution in [-0.2, 0) is 6.54 Å². The zero-order chi connectivity index (χ0) is 12.8. The maximum Gasteiger partial charge on any atom is 0.126 e. The molecular weight excluding hydrogens is 217 g/mol. The normalized spacial score (nSPS) is 13.1. The van der Waals surface area contributed by atoms with Gasteiger partial charge in [-0.3, -0.25) is 0 Å². The number of aliphatic hydroxyl groups is 1. The molecule has 0 saturated carbocycles. The zero-order valence-electron chi connectivity index (χ0n) is 10.8. The lowest BCUT2D eigenvalue weighted by Gasteiger charge is -2.18. The van der Waals surface area contributed by atoms with E-state index in [1.807, 2.05) is 6.07 Å². The summed E-state index contributed by atoms with van der Waals surface area (Å²) >= 11 is 0. The van der Waals surface area contributed by atoms with Crippen molar-refractivity contribution in [2.45, 2.75) is 27.3 Å². The van der Waals surface area contributed by atoms with E-state index in [1.54, 1.807) is 13.0 Å². The van der Waals surface area contributed by atoms with E-state index in [2.05, 4.69) is 19.2 Å². The number of aliphatic hydroxyl groups excluding tert-OH is 1. The second-order valence-corrected chi connectivity index (χ2v) is 4.90. The molecule has 1 aromatic carbocycles. The highest BCUT2D eigenvalue weighted by atomic mass is 19.1. The van der Waals surface area contributed by atoms with Gasteiger partial charge in [0, 0.05) is 19.7 Å². The summed E-state index contributed by atoms with van der Waals surface area (Å²) in [7, 11) is 0. The van der Waals surface area contributed by atoms with Crippen LogP contribution in [0.1, 0.15) is 25.0 Å². The van der Waals surface area contributed by atoms with E-state index in [0.29, 0.717) is 18.0 Å². The van der Waals surface area contributed by atoms with E-state index in [-0.39, 0.29) is 18.3 Å². The molecule has 0 heterocycles. The maximum absolute atomic E-state index is 13.1. The number of rotatable bonds is 6. The summed E-state index contributed by atoms with van der Waals surface area (Å²) in [5.74, 6) is 0.572. The number of halogens is 1. The van der Waals surface area contributed by atoms with Crippen LogP contribution in [0.4, 0.5) is 4.39 Å². The van der Waals surface area contributed by atoms with Crippen molar-refractivity contribution in [3.05, 3.63) is 35.1 Å². The molecule has 0 aliphatic heterocycles. The van der Waals surface area contributed by atoms with Gasteiger partial charge in [-0.1, -0.05) is 26.0 Å². The summed E-state index contributed by atoms with van der Waals surface area (Å²) in [5, 5.41) is 12.5. The summed E-state index contributed by atoms with van der Waals surface area (Å²) < 4.78 is 13.1. The average molecular weight is 239 g/mol. The Kier molecular flexibility index (Phi) is 5.59. The Morgan fingerprint density at radius 3 is 2.59 bits per heavy atom. The molecule has 1 rings (SSSR count). The fourth-order valence-corrected chi connectivity index (χ4v) is 1.73. The Morgan fingerprint density at radius 1 is 1.35 bits per heavy atom. The summed E-state index contributed by atoms with van der Waals surface area (Å²) in [5.41, 5.74) is 1.75. The molecule has 3 heteroatoms. The van der Waals surface area contributed by atoms with Gasteiger partial charge in [-0.15, -0.1) is 0 Å². The van der Waals surface area contributed by atoms with Gasteiger partial charge in [0.1, 0.15) is 5.82 Å². The Labute approximate surface area is 103 Å². The molecule has 0 bridgehead atoms. The molecular formula is C14H22FNO. The summed E-state index contributed by atoms with van der Waals surface area (Å²) in [6.45, 7) is 7.67. The number of aryl methyl sites for hydroxylation is 1. The molecule has 2 N–H and O–H groups in total. The van der Waals surface area contributed by atoms with Crippen LogP contribution < -0.4 is 5.32 Å². The van der Waals surface area contributed by atoms with E-state index in [9.17, 15) is 9.50 Å². The number of benzene rings is 1. The predicted octanol–water partition coefficient (Wildman–Crippen LogP) is 2.49. The van der Waals surface area contributed by atoms with Crippen molar-refractivity contribution < 1.29 is 9.50 Å². The Bertz CT molecular complexity index is 352. The first-order valence-corrected chi connectivity index (χ1v) is 6.11. The minimum absolute atomic E-state index is 0.163. The summed E-state index contributed by atoms with van der Waals surface area (Å²) in [4.78, 5) is 0. The monoisotopic (exact) mass is 239 g/mol. The molecule has 17 heavy (non-hydrogen) atoms. The highest BCUT2D eigenvalue weighted by Crippen LogP contribution is 2.11. The Morgan fingerprint density at radius 2 is 2.06 bits per heavy atom. The van der Waals surface area contributed by atoms with Gasteiger partial charge in [0.2, 0.25) is 0 Å². The smallest absolute Gasteiger partial charge is 0.126 e. The van der Waals surface area contributed by atoms with Crippen LogP contribution >= 0.6 is 0 Å². The third kappa shape index (κ3) is 4.44. The highest BCUT2D eigenvalue weighted by molar-refractivity contribution is 5.23. The summed E-state index contributed by atoms with van der Waals surface area (Å²) in [6.07, 6.45) is 0. The predicted molar refractivity (Wildman–Crippen MR) is 68.3 cm³/mol. The number of nitrogens with one attached hydrogen (secondary N) is 1. The van der Waals surface area contributed by atoms with Crippen molar-refractivity contribution in [2.24, 2.45) is 11.8 Å². The lowest BCUT2D eigenvalue weighted by molar-refractivity contribution is 0.186. The third-order valence-corrected chi connectivity index (χ3v) is 3.14. The topological polar surface area (TPSA) is 32.3 Å². The molecule has 2 nitrogen and oxygen atoms in total. The van der Waals surface area contributed by atoms with Crippen LogP contribution in [0, 0.1) is 24.6 Å². The van der Waals surface area contributed by atoms with Gasteiger partial charge in [0.05, 0.1) is 0 Å². The largest absolute Gasteiger partial charge is 0.396 e. The minimum Gasteiger partial charge on any atom is -0.396 e. The van der Waals surface area contributed by atoms with E-state index in [0.717, 1.165) is 12.1 Å². The molecule has 0 amide bonds. The first kappa shape index (κ1) is 14.1. The van der Waals surface area contributed by atoms with E-state index < -0.39 is 0 Å². The van der Waals surface area contributed by atoms with Crippen molar-refractivity contribution in [3.8, 4) is 0 Å². The zero-order valence-corrected chi connectivity index (χ0v) is 10.8. The van der Waals surface area contributed by atoms with Crippen molar-refractivity contribution in [2.75, 3.05) is 13.2 Å². The number of hydrogen-bond donors (Lipinski definition) is 2. The second-order valence-electron chi connectivity index (χ2n) is 4.90. The van der Waals surface area contributed by atoms with E-state index in [1.165, 1.54) is 6.07 Å². The fraction of sp³-hybridized carbons (Fsp3) is 0.571. The van der Waals surface area contributed by atoms with Crippen LogP contribution in [0.5, 0.6) is 0 Å². The molecule has 1 atom stereocenters. The molecule has 0 radical (unpaired) electrons. The molecule has 0 saturated heterocycles. The standard InChI is InChI=1S/C14H22FNO/c1-10(2)13(9-17)8-16-7-12-4-5-14(15)11(3)6-12/h4-6,10,13,16-17H,7-9H2,1-3H3. The first-order valence-electron chi connectivity index (χ1n) is 6.11. The fourth-order valence-electron chi connectivity index (χ4n) is 1.73. The van der Waals surface area contributed by atoms with Crippen molar-refractivity contribution in [1.82, 2.24) is 5.32 Å². The van der Waals surface area contributed by atoms with Crippen molar-refractivity contribution in [3.63, 3.8) is 0 Å². The van der Waals surface area contributed by atoms with Gasteiger partial charge in [-0.25, -0.2) is 4.39 Å². The molecule has 0 spiro atoms. The minimum atomic E-state index is -0.163. The van der Waals surface area contributed by atoms with Gasteiger partial charge in [-0.05, 0) is 36.0 Å². The van der Waals surface area contributed by atoms with Gasteiger partial charge in [0.15, 0.2) is 0 Å². The Hall–Kier alpha value is -0.930. The van der Waals surface area contributed by atoms with E-state index >= 15 is 0 Å². The molecule has 0 aromatic heterocycles. The first-order chi connectivity index (χ1) is 8.04. The molecule has 0 aliphatic rings. The molecule has 1 unspecified atom stereocenters. The van der Waals surface area contributed by atoms with Gasteiger partial charge in [-0.2, -0.15) is 0 Å². The van der Waals surface area contributed by atoms with Crippen LogP contribution in [-0.4, -0.2) is 18.3 Å². The Balaban J connectivity index is 2.42. The average Bonchev–Trinajstić information content (AvgIpc) is 2.28. The third-order valence-electron chi connectivity index (χ3n) is 3.14. The number of hydrogen-bond acceptors (Lipinski definition) is 2. The van der Waals surface area contributed by atoms with Crippen LogP contribution in [0.25, 0.3) is 0 Å². The van der Waals surface area contributed by atoms with Crippen molar-refractivity contribution >= 4 is 0 Å². The molecule has 0 aliphatic carbocycles. The molecule has 0 fully saturated rings. The highest BCUT2D eigenvalue weighted by Gasteiger charge is 2.11. The quantitative estimate of drug-likeness (QED) is 0.799. The molecule has 96 valence electrons. The second kappa shape index (κ2) is 6.72. The van der Waals surface area contributed by atoms with Crippen LogP contribution in [0.3, 0.4) is 0 Å². The van der Waals surface area contributed by atoms with Gasteiger partial charge in [0.25, 0.3) is 0 Å². The van der Waals surface area contributed by atoms with Gasteiger partial charge >= 0.3 is 0 Å².